The summed E-state index contributed by atoms with van der Waals surface area (Å²) >= 11 is 0. The fraction of sp³-hybridized carbons (Fsp3) is 0.182. The molecular weight excluding hydrogens is 220 g/mol. The van der Waals surface area contributed by atoms with Gasteiger partial charge in [-0.3, -0.25) is 14.6 Å². The summed E-state index contributed by atoms with van der Waals surface area (Å²) in [6, 6.07) is 3.40. The molecule has 0 aliphatic carbocycles. The second kappa shape index (κ2) is 3.89. The molecular formula is C11H12N4O2. The number of amides is 1. The lowest BCUT2D eigenvalue weighted by atomic mass is 10.0. The normalized spacial score (nSPS) is 10.5. The maximum Gasteiger partial charge on any atom is 0.260 e. The summed E-state index contributed by atoms with van der Waals surface area (Å²) < 4.78 is 0. The van der Waals surface area contributed by atoms with E-state index in [-0.39, 0.29) is 17.2 Å². The molecule has 0 aliphatic heterocycles. The molecule has 1 amide bonds. The van der Waals surface area contributed by atoms with Crippen molar-refractivity contribution in [1.82, 2.24) is 15.3 Å². The van der Waals surface area contributed by atoms with E-state index in [1.54, 1.807) is 19.1 Å². The quantitative estimate of drug-likeness (QED) is 0.652. The molecule has 1 aromatic heterocycles. The van der Waals surface area contributed by atoms with Gasteiger partial charge in [0.2, 0.25) is 5.95 Å². The number of nitrogens with one attached hydrogen (secondary N) is 2. The molecule has 0 saturated carbocycles. The first kappa shape index (κ1) is 11.1. The van der Waals surface area contributed by atoms with E-state index >= 15 is 0 Å². The third kappa shape index (κ3) is 1.73. The number of nitrogen functional groups attached to an aromatic ring is 1. The molecule has 0 fully saturated rings. The van der Waals surface area contributed by atoms with Gasteiger partial charge in [0.1, 0.15) is 0 Å². The Kier molecular flexibility index (Phi) is 2.55. The van der Waals surface area contributed by atoms with Gasteiger partial charge < -0.3 is 11.1 Å². The minimum atomic E-state index is -0.408. The lowest BCUT2D eigenvalue weighted by Gasteiger charge is -2.07. The number of rotatable bonds is 1. The number of H-pyrrole nitrogens is 1. The first-order valence-corrected chi connectivity index (χ1v) is 5.05. The van der Waals surface area contributed by atoms with Crippen molar-refractivity contribution < 1.29 is 4.79 Å². The zero-order chi connectivity index (χ0) is 12.6. The minimum absolute atomic E-state index is 0.0363. The molecule has 4 N–H and O–H groups in total. The van der Waals surface area contributed by atoms with Gasteiger partial charge in [0, 0.05) is 7.05 Å². The van der Waals surface area contributed by atoms with Gasteiger partial charge in [0.25, 0.3) is 11.5 Å². The molecule has 1 heterocycles. The molecule has 0 unspecified atom stereocenters. The van der Waals surface area contributed by atoms with Gasteiger partial charge in [-0.1, -0.05) is 6.07 Å². The van der Waals surface area contributed by atoms with E-state index in [1.807, 2.05) is 0 Å². The van der Waals surface area contributed by atoms with Gasteiger partial charge in [-0.2, -0.15) is 0 Å². The Morgan fingerprint density at radius 1 is 1.47 bits per heavy atom. The van der Waals surface area contributed by atoms with Crippen molar-refractivity contribution in [2.45, 2.75) is 6.92 Å². The Bertz CT molecular complexity index is 660. The van der Waals surface area contributed by atoms with Gasteiger partial charge >= 0.3 is 0 Å². The fourth-order valence-electron chi connectivity index (χ4n) is 1.77. The van der Waals surface area contributed by atoms with Gasteiger partial charge in [-0.25, -0.2) is 4.98 Å². The standard InChI is InChI=1S/C11H12N4O2/c1-5-3-4-6-8(7(5)9(16)13-2)10(17)15-11(12)14-6/h3-4H,1-2H3,(H,13,16)(H3,12,14,15,17). The number of aryl methyl sites for hydroxylation is 1. The second-order valence-corrected chi connectivity index (χ2v) is 3.68. The number of nitrogens with zero attached hydrogens (tertiary/aromatic N) is 1. The van der Waals surface area contributed by atoms with Gasteiger partial charge in [-0.15, -0.1) is 0 Å². The highest BCUT2D eigenvalue weighted by molar-refractivity contribution is 6.07. The van der Waals surface area contributed by atoms with Crippen molar-refractivity contribution >= 4 is 22.8 Å². The molecule has 6 nitrogen and oxygen atoms in total. The summed E-state index contributed by atoms with van der Waals surface area (Å²) in [5.41, 5.74) is 6.51. The molecule has 0 radical (unpaired) electrons. The predicted molar refractivity (Wildman–Crippen MR) is 64.9 cm³/mol. The number of benzene rings is 1. The third-order valence-electron chi connectivity index (χ3n) is 2.56. The maximum absolute atomic E-state index is 11.8. The van der Waals surface area contributed by atoms with Crippen LogP contribution in [0.3, 0.4) is 0 Å². The molecule has 0 bridgehead atoms. The molecule has 0 saturated heterocycles. The molecule has 6 heteroatoms. The number of carbonyl (C=O) groups is 1. The number of anilines is 1. The van der Waals surface area contributed by atoms with Crippen LogP contribution in [0.15, 0.2) is 16.9 Å². The van der Waals surface area contributed by atoms with E-state index in [2.05, 4.69) is 15.3 Å². The topological polar surface area (TPSA) is 101 Å². The molecule has 0 atom stereocenters. The van der Waals surface area contributed by atoms with E-state index in [4.69, 9.17) is 5.73 Å². The lowest BCUT2D eigenvalue weighted by molar-refractivity contribution is 0.0964. The average Bonchev–Trinajstić information content (AvgIpc) is 2.28. The molecule has 2 rings (SSSR count). The summed E-state index contributed by atoms with van der Waals surface area (Å²) in [5, 5.41) is 2.77. The van der Waals surface area contributed by atoms with Crippen molar-refractivity contribution in [2.24, 2.45) is 0 Å². The van der Waals surface area contributed by atoms with Gasteiger partial charge in [0.15, 0.2) is 0 Å². The van der Waals surface area contributed by atoms with Gasteiger partial charge in [0.05, 0.1) is 16.5 Å². The third-order valence-corrected chi connectivity index (χ3v) is 2.56. The first-order chi connectivity index (χ1) is 8.04. The van der Waals surface area contributed by atoms with Gasteiger partial charge in [-0.05, 0) is 18.6 Å². The molecule has 0 aliphatic rings. The average molecular weight is 232 g/mol. The summed E-state index contributed by atoms with van der Waals surface area (Å²) in [7, 11) is 1.51. The highest BCUT2D eigenvalue weighted by atomic mass is 16.2. The number of aromatic nitrogens is 2. The Hall–Kier alpha value is -2.37. The first-order valence-electron chi connectivity index (χ1n) is 5.05. The van der Waals surface area contributed by atoms with Crippen LogP contribution in [-0.4, -0.2) is 22.9 Å². The van der Waals surface area contributed by atoms with Crippen molar-refractivity contribution in [1.29, 1.82) is 0 Å². The Labute approximate surface area is 96.9 Å². The van der Waals surface area contributed by atoms with Crippen LogP contribution >= 0.6 is 0 Å². The SMILES string of the molecule is CNC(=O)c1c(C)ccc2nc(N)[nH]c(=O)c12. The molecule has 0 spiro atoms. The van der Waals surface area contributed by atoms with Crippen LogP contribution in [0.1, 0.15) is 15.9 Å². The van der Waals surface area contributed by atoms with E-state index in [0.29, 0.717) is 16.6 Å². The van der Waals surface area contributed by atoms with E-state index in [0.717, 1.165) is 0 Å². The number of carbonyl (C=O) groups excluding carboxylic acids is 1. The number of hydrogen-bond donors (Lipinski definition) is 3. The summed E-state index contributed by atoms with van der Waals surface area (Å²) in [6.45, 7) is 1.76. The second-order valence-electron chi connectivity index (χ2n) is 3.68. The van der Waals surface area contributed by atoms with E-state index in [9.17, 15) is 9.59 Å². The smallest absolute Gasteiger partial charge is 0.260 e. The van der Waals surface area contributed by atoms with Crippen LogP contribution in [0.25, 0.3) is 10.9 Å². The predicted octanol–water partition coefficient (Wildman–Crippen LogP) is 0.173. The molecule has 17 heavy (non-hydrogen) atoms. The fourth-order valence-corrected chi connectivity index (χ4v) is 1.77. The van der Waals surface area contributed by atoms with E-state index < -0.39 is 5.56 Å². The van der Waals surface area contributed by atoms with E-state index in [1.165, 1.54) is 7.05 Å². The molecule has 2 aromatic rings. The van der Waals surface area contributed by atoms with Crippen molar-refractivity contribution in [2.75, 3.05) is 12.8 Å². The number of nitrogens with two attached hydrogens (primary N) is 1. The van der Waals surface area contributed by atoms with Crippen molar-refractivity contribution in [3.05, 3.63) is 33.6 Å². The number of fused-ring (bicyclic) bond motifs is 1. The van der Waals surface area contributed by atoms with Crippen molar-refractivity contribution in [3.63, 3.8) is 0 Å². The number of aromatic amines is 1. The molecule has 88 valence electrons. The lowest BCUT2D eigenvalue weighted by Crippen LogP contribution is -2.23. The largest absolute Gasteiger partial charge is 0.369 e. The minimum Gasteiger partial charge on any atom is -0.369 e. The highest BCUT2D eigenvalue weighted by Crippen LogP contribution is 2.17. The summed E-state index contributed by atoms with van der Waals surface area (Å²) in [5.74, 6) is -0.278. The Morgan fingerprint density at radius 2 is 2.18 bits per heavy atom. The van der Waals surface area contributed by atoms with Crippen LogP contribution in [0.2, 0.25) is 0 Å². The summed E-state index contributed by atoms with van der Waals surface area (Å²) in [6.07, 6.45) is 0. The van der Waals surface area contributed by atoms with Crippen LogP contribution in [0.5, 0.6) is 0 Å². The van der Waals surface area contributed by atoms with Crippen LogP contribution in [0.4, 0.5) is 5.95 Å². The van der Waals surface area contributed by atoms with Crippen LogP contribution in [0, 0.1) is 6.92 Å². The molecule has 1 aromatic carbocycles. The number of hydrogen-bond acceptors (Lipinski definition) is 4. The maximum atomic E-state index is 11.8. The Balaban J connectivity index is 2.95. The van der Waals surface area contributed by atoms with Crippen molar-refractivity contribution in [3.8, 4) is 0 Å². The van der Waals surface area contributed by atoms with Crippen LogP contribution in [-0.2, 0) is 0 Å². The zero-order valence-electron chi connectivity index (χ0n) is 9.50. The summed E-state index contributed by atoms with van der Waals surface area (Å²) in [4.78, 5) is 30.0. The monoisotopic (exact) mass is 232 g/mol. The highest BCUT2D eigenvalue weighted by Gasteiger charge is 2.15. The Morgan fingerprint density at radius 3 is 2.82 bits per heavy atom. The zero-order valence-corrected chi connectivity index (χ0v) is 9.50. The van der Waals surface area contributed by atoms with Crippen LogP contribution < -0.4 is 16.6 Å².